The summed E-state index contributed by atoms with van der Waals surface area (Å²) < 4.78 is 4.83. The van der Waals surface area contributed by atoms with Crippen molar-refractivity contribution in [3.63, 3.8) is 0 Å². The fourth-order valence-electron chi connectivity index (χ4n) is 1.02. The first-order valence-electron chi connectivity index (χ1n) is 3.77. The van der Waals surface area contributed by atoms with Gasteiger partial charge in [0.05, 0.1) is 6.42 Å². The van der Waals surface area contributed by atoms with Crippen LogP contribution in [0.3, 0.4) is 0 Å². The van der Waals surface area contributed by atoms with Crippen molar-refractivity contribution in [1.29, 1.82) is 0 Å². The molecule has 70 valence electrons. The number of aliphatic hydroxyl groups is 1. The summed E-state index contributed by atoms with van der Waals surface area (Å²) in [5.74, 6) is -0.513. The van der Waals surface area contributed by atoms with E-state index in [9.17, 15) is 4.79 Å². The van der Waals surface area contributed by atoms with E-state index in [4.69, 9.17) is 14.9 Å². The van der Waals surface area contributed by atoms with Gasteiger partial charge in [-0.3, -0.25) is 4.79 Å². The van der Waals surface area contributed by atoms with E-state index >= 15 is 0 Å². The lowest BCUT2D eigenvalue weighted by Crippen LogP contribution is -2.04. The number of ether oxygens (including phenoxy) is 1. The molecule has 13 heavy (non-hydrogen) atoms. The maximum Gasteiger partial charge on any atom is 0.307 e. The lowest BCUT2D eigenvalue weighted by molar-refractivity contribution is -0.136. The van der Waals surface area contributed by atoms with Gasteiger partial charge in [-0.1, -0.05) is 18.2 Å². The van der Waals surface area contributed by atoms with Gasteiger partial charge in [0.15, 0.2) is 6.79 Å². The molecule has 4 nitrogen and oxygen atoms in total. The van der Waals surface area contributed by atoms with Gasteiger partial charge in [0.2, 0.25) is 0 Å². The summed E-state index contributed by atoms with van der Waals surface area (Å²) >= 11 is 0. The Hall–Kier alpha value is -1.55. The predicted octanol–water partition coefficient (Wildman–Crippen LogP) is 0.642. The highest BCUT2D eigenvalue weighted by atomic mass is 16.6. The van der Waals surface area contributed by atoms with E-state index in [0.717, 1.165) is 0 Å². The number of rotatable bonds is 4. The molecular weight excluding hydrogens is 172 g/mol. The molecule has 0 fully saturated rings. The molecule has 0 heterocycles. The molecule has 0 aliphatic heterocycles. The Morgan fingerprint density at radius 3 is 2.69 bits per heavy atom. The summed E-state index contributed by atoms with van der Waals surface area (Å²) in [7, 11) is 0. The van der Waals surface area contributed by atoms with E-state index < -0.39 is 12.8 Å². The highest BCUT2D eigenvalue weighted by Gasteiger charge is 2.06. The van der Waals surface area contributed by atoms with Crippen molar-refractivity contribution in [3.8, 4) is 5.75 Å². The van der Waals surface area contributed by atoms with Crippen LogP contribution in [-0.4, -0.2) is 23.0 Å². The van der Waals surface area contributed by atoms with Crippen molar-refractivity contribution in [3.05, 3.63) is 29.8 Å². The molecule has 1 aromatic rings. The molecule has 0 bridgehead atoms. The quantitative estimate of drug-likeness (QED) is 0.670. The Kier molecular flexibility index (Phi) is 3.28. The van der Waals surface area contributed by atoms with E-state index in [0.29, 0.717) is 11.3 Å². The lowest BCUT2D eigenvalue weighted by atomic mass is 10.1. The average molecular weight is 182 g/mol. The SMILES string of the molecule is O=C(O)Cc1ccccc1OCO. The second-order valence-corrected chi connectivity index (χ2v) is 2.45. The van der Waals surface area contributed by atoms with Crippen molar-refractivity contribution in [2.45, 2.75) is 6.42 Å². The van der Waals surface area contributed by atoms with Gasteiger partial charge in [-0.25, -0.2) is 0 Å². The van der Waals surface area contributed by atoms with E-state index in [1.165, 1.54) is 0 Å². The standard InChI is InChI=1S/C9H10O4/c10-6-13-8-4-2-1-3-7(8)5-9(11)12/h1-4,10H,5-6H2,(H,11,12). The van der Waals surface area contributed by atoms with Crippen molar-refractivity contribution >= 4 is 5.97 Å². The smallest absolute Gasteiger partial charge is 0.307 e. The summed E-state index contributed by atoms with van der Waals surface area (Å²) in [5.41, 5.74) is 0.559. The first-order chi connectivity index (χ1) is 6.24. The normalized spacial score (nSPS) is 9.62. The molecule has 0 unspecified atom stereocenters. The third-order valence-electron chi connectivity index (χ3n) is 1.53. The summed E-state index contributed by atoms with van der Waals surface area (Å²) in [4.78, 5) is 10.4. The molecule has 0 aliphatic rings. The van der Waals surface area contributed by atoms with Gasteiger partial charge in [-0.05, 0) is 6.07 Å². The second kappa shape index (κ2) is 4.47. The fourth-order valence-corrected chi connectivity index (χ4v) is 1.02. The topological polar surface area (TPSA) is 66.8 Å². The Labute approximate surface area is 75.4 Å². The highest BCUT2D eigenvalue weighted by molar-refractivity contribution is 5.71. The van der Waals surface area contributed by atoms with Gasteiger partial charge in [0.25, 0.3) is 0 Å². The maximum atomic E-state index is 10.4. The highest BCUT2D eigenvalue weighted by Crippen LogP contribution is 2.17. The van der Waals surface area contributed by atoms with E-state index in [2.05, 4.69) is 0 Å². The number of aliphatic carboxylic acids is 1. The van der Waals surface area contributed by atoms with Gasteiger partial charge < -0.3 is 14.9 Å². The monoisotopic (exact) mass is 182 g/mol. The number of carbonyl (C=O) groups is 1. The molecule has 0 spiro atoms. The molecular formula is C9H10O4. The van der Waals surface area contributed by atoms with Gasteiger partial charge in [0, 0.05) is 5.56 Å². The zero-order chi connectivity index (χ0) is 9.68. The van der Waals surface area contributed by atoms with Gasteiger partial charge in [0.1, 0.15) is 5.75 Å². The molecule has 2 N–H and O–H groups in total. The number of carboxylic acid groups (broad SMARTS) is 1. The largest absolute Gasteiger partial charge is 0.481 e. The van der Waals surface area contributed by atoms with Crippen LogP contribution in [0, 0.1) is 0 Å². The maximum absolute atomic E-state index is 10.4. The number of aliphatic hydroxyl groups excluding tert-OH is 1. The van der Waals surface area contributed by atoms with E-state index in [-0.39, 0.29) is 6.42 Å². The molecule has 0 aromatic heterocycles. The molecule has 4 heteroatoms. The van der Waals surface area contributed by atoms with Crippen LogP contribution >= 0.6 is 0 Å². The minimum Gasteiger partial charge on any atom is -0.481 e. The molecule has 0 radical (unpaired) electrons. The summed E-state index contributed by atoms with van der Waals surface area (Å²) in [5, 5.41) is 17.1. The third-order valence-corrected chi connectivity index (χ3v) is 1.53. The van der Waals surface area contributed by atoms with Crippen LogP contribution in [0.2, 0.25) is 0 Å². The molecule has 1 rings (SSSR count). The van der Waals surface area contributed by atoms with Crippen LogP contribution in [0.25, 0.3) is 0 Å². The van der Waals surface area contributed by atoms with E-state index in [1.54, 1.807) is 24.3 Å². The van der Waals surface area contributed by atoms with Crippen LogP contribution in [0.5, 0.6) is 5.75 Å². The summed E-state index contributed by atoms with van der Waals surface area (Å²) in [6, 6.07) is 6.71. The summed E-state index contributed by atoms with van der Waals surface area (Å²) in [6.07, 6.45) is -0.101. The van der Waals surface area contributed by atoms with Gasteiger partial charge >= 0.3 is 5.97 Å². The zero-order valence-corrected chi connectivity index (χ0v) is 6.93. The second-order valence-electron chi connectivity index (χ2n) is 2.45. The Morgan fingerprint density at radius 1 is 1.38 bits per heavy atom. The zero-order valence-electron chi connectivity index (χ0n) is 6.93. The molecule has 0 aliphatic carbocycles. The van der Waals surface area contributed by atoms with Crippen molar-refractivity contribution in [2.75, 3.05) is 6.79 Å². The van der Waals surface area contributed by atoms with Crippen molar-refractivity contribution in [2.24, 2.45) is 0 Å². The first kappa shape index (κ1) is 9.54. The molecule has 0 amide bonds. The van der Waals surface area contributed by atoms with E-state index in [1.807, 2.05) is 0 Å². The fraction of sp³-hybridized carbons (Fsp3) is 0.222. The number of hydrogen-bond donors (Lipinski definition) is 2. The molecule has 1 aromatic carbocycles. The average Bonchev–Trinajstić information content (AvgIpc) is 2.08. The van der Waals surface area contributed by atoms with Gasteiger partial charge in [-0.2, -0.15) is 0 Å². The number of para-hydroxylation sites is 1. The first-order valence-corrected chi connectivity index (χ1v) is 3.77. The molecule has 0 atom stereocenters. The van der Waals surface area contributed by atoms with Crippen LogP contribution in [0.1, 0.15) is 5.56 Å². The van der Waals surface area contributed by atoms with Gasteiger partial charge in [-0.15, -0.1) is 0 Å². The minimum atomic E-state index is -0.922. The van der Waals surface area contributed by atoms with Crippen LogP contribution in [0.15, 0.2) is 24.3 Å². The van der Waals surface area contributed by atoms with Crippen molar-refractivity contribution in [1.82, 2.24) is 0 Å². The Morgan fingerprint density at radius 2 is 2.08 bits per heavy atom. The number of carboxylic acids is 1. The Bertz CT molecular complexity index is 295. The van der Waals surface area contributed by atoms with Crippen LogP contribution in [-0.2, 0) is 11.2 Å². The van der Waals surface area contributed by atoms with Crippen LogP contribution < -0.4 is 4.74 Å². The number of hydrogen-bond acceptors (Lipinski definition) is 3. The molecule has 0 saturated heterocycles. The summed E-state index contributed by atoms with van der Waals surface area (Å²) in [6.45, 7) is -0.448. The van der Waals surface area contributed by atoms with Crippen molar-refractivity contribution < 1.29 is 19.7 Å². The lowest BCUT2D eigenvalue weighted by Gasteiger charge is -2.06. The number of benzene rings is 1. The predicted molar refractivity (Wildman–Crippen MR) is 45.5 cm³/mol. The van der Waals surface area contributed by atoms with Crippen LogP contribution in [0.4, 0.5) is 0 Å². The Balaban J connectivity index is 2.84. The minimum absolute atomic E-state index is 0.101. The molecule has 0 saturated carbocycles. The third kappa shape index (κ3) is 2.76.